The maximum Gasteiger partial charge on any atom is 0.333 e. The minimum atomic E-state index is -0.471. The van der Waals surface area contributed by atoms with Gasteiger partial charge in [0.25, 0.3) is 0 Å². The van der Waals surface area contributed by atoms with Crippen LogP contribution in [-0.4, -0.2) is 43.5 Å². The van der Waals surface area contributed by atoms with Crippen LogP contribution >= 0.6 is 0 Å². The Bertz CT molecular complexity index is 1040. The molecule has 2 rings (SSSR count). The van der Waals surface area contributed by atoms with Gasteiger partial charge in [-0.25, -0.2) is 14.0 Å². The Morgan fingerprint density at radius 2 is 1.47 bits per heavy atom. The summed E-state index contributed by atoms with van der Waals surface area (Å²) in [5.41, 5.74) is 3.41. The van der Waals surface area contributed by atoms with E-state index in [0.29, 0.717) is 47.3 Å². The molecule has 0 spiro atoms. The highest BCUT2D eigenvalue weighted by atomic mass is 19.1. The molecular formula is C27H31FO6. The molecule has 6 nitrogen and oxygen atoms in total. The lowest BCUT2D eigenvalue weighted by Crippen LogP contribution is -2.10. The molecule has 7 heteroatoms. The Morgan fingerprint density at radius 3 is 2.09 bits per heavy atom. The number of esters is 2. The number of carbonyl (C=O) groups excluding carboxylic acids is 2. The topological polar surface area (TPSA) is 82.1 Å². The van der Waals surface area contributed by atoms with Gasteiger partial charge in [0.2, 0.25) is 0 Å². The van der Waals surface area contributed by atoms with Crippen molar-refractivity contribution in [2.24, 2.45) is 0 Å². The van der Waals surface area contributed by atoms with Crippen molar-refractivity contribution in [1.82, 2.24) is 0 Å². The molecule has 0 saturated heterocycles. The number of hydrogen-bond acceptors (Lipinski definition) is 6. The van der Waals surface area contributed by atoms with E-state index < -0.39 is 11.9 Å². The van der Waals surface area contributed by atoms with E-state index >= 15 is 0 Å². The summed E-state index contributed by atoms with van der Waals surface area (Å²) in [4.78, 5) is 23.1. The molecule has 0 fully saturated rings. The first-order valence-electron chi connectivity index (χ1n) is 11.0. The molecule has 0 aliphatic carbocycles. The zero-order valence-electron chi connectivity index (χ0n) is 19.7. The second-order valence-corrected chi connectivity index (χ2v) is 7.89. The fraction of sp³-hybridized carbons (Fsp3) is 0.333. The van der Waals surface area contributed by atoms with Crippen LogP contribution in [0.2, 0.25) is 0 Å². The van der Waals surface area contributed by atoms with Crippen LogP contribution in [0.15, 0.2) is 60.7 Å². The van der Waals surface area contributed by atoms with Gasteiger partial charge >= 0.3 is 11.9 Å². The van der Waals surface area contributed by atoms with Crippen molar-refractivity contribution >= 4 is 11.9 Å². The Hall–Kier alpha value is -3.45. The molecule has 1 N–H and O–H groups in total. The van der Waals surface area contributed by atoms with Crippen LogP contribution in [0.4, 0.5) is 4.39 Å². The lowest BCUT2D eigenvalue weighted by molar-refractivity contribution is -0.139. The van der Waals surface area contributed by atoms with Crippen LogP contribution in [-0.2, 0) is 31.9 Å². The molecular weight excluding hydrogens is 439 g/mol. The van der Waals surface area contributed by atoms with Crippen molar-refractivity contribution in [3.05, 3.63) is 77.6 Å². The minimum Gasteiger partial charge on any atom is -0.491 e. The highest BCUT2D eigenvalue weighted by Crippen LogP contribution is 2.29. The van der Waals surface area contributed by atoms with Gasteiger partial charge in [0.05, 0.1) is 19.8 Å². The molecule has 0 radical (unpaired) electrons. The van der Waals surface area contributed by atoms with Gasteiger partial charge in [-0.2, -0.15) is 0 Å². The van der Waals surface area contributed by atoms with Crippen molar-refractivity contribution in [1.29, 1.82) is 0 Å². The van der Waals surface area contributed by atoms with Gasteiger partial charge in [0.15, 0.2) is 0 Å². The van der Waals surface area contributed by atoms with E-state index in [9.17, 15) is 14.0 Å². The van der Waals surface area contributed by atoms with Crippen molar-refractivity contribution in [3.63, 3.8) is 0 Å². The van der Waals surface area contributed by atoms with E-state index in [-0.39, 0.29) is 32.2 Å². The predicted octanol–water partition coefficient (Wildman–Crippen LogP) is 4.58. The average molecular weight is 471 g/mol. The number of benzene rings is 2. The third-order valence-corrected chi connectivity index (χ3v) is 4.92. The van der Waals surface area contributed by atoms with Gasteiger partial charge in [-0.1, -0.05) is 31.4 Å². The van der Waals surface area contributed by atoms with E-state index in [2.05, 4.69) is 13.2 Å². The molecule has 182 valence electrons. The van der Waals surface area contributed by atoms with Crippen molar-refractivity contribution in [2.75, 3.05) is 26.4 Å². The summed E-state index contributed by atoms with van der Waals surface area (Å²) in [6, 6.07) is 10.4. The molecule has 34 heavy (non-hydrogen) atoms. The fourth-order valence-electron chi connectivity index (χ4n) is 3.11. The monoisotopic (exact) mass is 470 g/mol. The second-order valence-electron chi connectivity index (χ2n) is 7.89. The largest absolute Gasteiger partial charge is 0.491 e. The Balaban J connectivity index is 2.11. The molecule has 0 bridgehead atoms. The van der Waals surface area contributed by atoms with E-state index in [1.807, 2.05) is 18.2 Å². The lowest BCUT2D eigenvalue weighted by atomic mass is 9.98. The van der Waals surface area contributed by atoms with Gasteiger partial charge in [0, 0.05) is 17.6 Å². The molecule has 2 aromatic rings. The first-order valence-corrected chi connectivity index (χ1v) is 11.0. The number of rotatable bonds is 13. The van der Waals surface area contributed by atoms with Crippen LogP contribution in [0.1, 0.15) is 31.4 Å². The van der Waals surface area contributed by atoms with Crippen LogP contribution < -0.4 is 4.74 Å². The predicted molar refractivity (Wildman–Crippen MR) is 128 cm³/mol. The zero-order chi connectivity index (χ0) is 25.1. The summed E-state index contributed by atoms with van der Waals surface area (Å²) in [7, 11) is 0. The van der Waals surface area contributed by atoms with Crippen LogP contribution in [0.3, 0.4) is 0 Å². The molecule has 0 atom stereocenters. The smallest absolute Gasteiger partial charge is 0.333 e. The maximum absolute atomic E-state index is 14.7. The normalized spacial score (nSPS) is 10.5. The molecule has 0 unspecified atom stereocenters. The fourth-order valence-corrected chi connectivity index (χ4v) is 3.11. The Kier molecular flexibility index (Phi) is 10.5. The summed E-state index contributed by atoms with van der Waals surface area (Å²) in [5, 5.41) is 9.07. The first-order chi connectivity index (χ1) is 16.2. The number of carbonyl (C=O) groups is 2. The quantitative estimate of drug-likeness (QED) is 0.262. The second kappa shape index (κ2) is 13.3. The highest BCUT2D eigenvalue weighted by molar-refractivity contribution is 5.87. The van der Waals surface area contributed by atoms with Crippen LogP contribution in [0.5, 0.6) is 5.75 Å². The Labute approximate surface area is 199 Å². The van der Waals surface area contributed by atoms with Gasteiger partial charge in [0.1, 0.15) is 18.2 Å². The van der Waals surface area contributed by atoms with E-state index in [4.69, 9.17) is 19.3 Å². The number of aryl methyl sites for hydroxylation is 1. The molecule has 0 aliphatic rings. The summed E-state index contributed by atoms with van der Waals surface area (Å²) in [6.07, 6.45) is 1.32. The number of ether oxygens (including phenoxy) is 3. The summed E-state index contributed by atoms with van der Waals surface area (Å²) >= 11 is 0. The van der Waals surface area contributed by atoms with E-state index in [0.717, 1.165) is 11.1 Å². The molecule has 0 amide bonds. The SMILES string of the molecule is C=C(C)C(=O)OCCCc1ccc(-c2ccc(OCCO)c(CCOC(=O)C(=C)C)c2)cc1F. The highest BCUT2D eigenvalue weighted by Gasteiger charge is 2.11. The summed E-state index contributed by atoms with van der Waals surface area (Å²) < 4.78 is 30.5. The lowest BCUT2D eigenvalue weighted by Gasteiger charge is -2.14. The summed E-state index contributed by atoms with van der Waals surface area (Å²) in [5.74, 6) is -0.708. The molecule has 0 aliphatic heterocycles. The number of aliphatic hydroxyl groups is 1. The third-order valence-electron chi connectivity index (χ3n) is 4.92. The van der Waals surface area contributed by atoms with E-state index in [1.165, 1.54) is 6.07 Å². The van der Waals surface area contributed by atoms with Gasteiger partial charge < -0.3 is 19.3 Å². The number of hydrogen-bond donors (Lipinski definition) is 1. The van der Waals surface area contributed by atoms with Crippen LogP contribution in [0, 0.1) is 5.82 Å². The van der Waals surface area contributed by atoms with Crippen LogP contribution in [0.25, 0.3) is 11.1 Å². The van der Waals surface area contributed by atoms with Crippen molar-refractivity contribution in [3.8, 4) is 16.9 Å². The number of aliphatic hydroxyl groups excluding tert-OH is 1. The third kappa shape index (κ3) is 8.15. The molecule has 0 saturated carbocycles. The average Bonchev–Trinajstić information content (AvgIpc) is 2.81. The molecule has 0 aromatic heterocycles. The number of halogens is 1. The van der Waals surface area contributed by atoms with Gasteiger partial charge in [-0.05, 0) is 67.1 Å². The van der Waals surface area contributed by atoms with Gasteiger partial charge in [-0.15, -0.1) is 0 Å². The van der Waals surface area contributed by atoms with E-state index in [1.54, 1.807) is 26.0 Å². The van der Waals surface area contributed by atoms with Crippen molar-refractivity contribution in [2.45, 2.75) is 33.1 Å². The summed E-state index contributed by atoms with van der Waals surface area (Å²) in [6.45, 7) is 10.6. The Morgan fingerprint density at radius 1 is 0.853 bits per heavy atom. The standard InChI is InChI=1S/C27H31FO6/c1-18(2)26(30)33-13-5-6-20-7-8-22(17-24(20)28)21-9-10-25(32-15-12-29)23(16-21)11-14-34-27(31)19(3)4/h7-10,16-17,29H,1,3,5-6,11-15H2,2,4H3. The first kappa shape index (κ1) is 26.8. The van der Waals surface area contributed by atoms with Gasteiger partial charge in [-0.3, -0.25) is 0 Å². The molecule has 0 heterocycles. The van der Waals surface area contributed by atoms with Crippen molar-refractivity contribution < 1.29 is 33.3 Å². The minimum absolute atomic E-state index is 0.128. The maximum atomic E-state index is 14.7. The zero-order valence-corrected chi connectivity index (χ0v) is 19.7. The molecule has 2 aromatic carbocycles.